The van der Waals surface area contributed by atoms with Crippen LogP contribution in [-0.2, 0) is 32.7 Å². The zero-order chi connectivity index (χ0) is 5.11. The molecule has 0 heterocycles. The van der Waals surface area contributed by atoms with Gasteiger partial charge in [-0.05, 0) is 6.92 Å². The standard InChI is InChI=1S/C7H8.Li.Y.H/c1-7-5-3-2-4-6-7;;;/h2-6H,1H3;;;. The Morgan fingerprint density at radius 1 is 1.00 bits per heavy atom. The van der Waals surface area contributed by atoms with E-state index in [-0.39, 0.29) is 51.6 Å². The van der Waals surface area contributed by atoms with Crippen molar-refractivity contribution in [3.63, 3.8) is 0 Å². The Kier molecular flexibility index (Phi) is 9.83. The van der Waals surface area contributed by atoms with Crippen LogP contribution in [0.1, 0.15) is 5.56 Å². The maximum atomic E-state index is 2.08. The minimum Gasteiger partial charge on any atom is 0 e. The molecule has 1 radical (unpaired) electrons. The van der Waals surface area contributed by atoms with E-state index in [9.17, 15) is 0 Å². The molecule has 0 fully saturated rings. The Bertz CT molecular complexity index is 139. The van der Waals surface area contributed by atoms with E-state index < -0.39 is 0 Å². The molecule has 0 unspecified atom stereocenters. The van der Waals surface area contributed by atoms with Crippen LogP contribution in [0.5, 0.6) is 0 Å². The molecular weight excluding hydrogens is 180 g/mol. The van der Waals surface area contributed by atoms with Gasteiger partial charge in [-0.15, -0.1) is 0 Å². The van der Waals surface area contributed by atoms with Crippen LogP contribution in [-0.4, -0.2) is 18.9 Å². The van der Waals surface area contributed by atoms with Crippen LogP contribution in [0.3, 0.4) is 0 Å². The fraction of sp³-hybridized carbons (Fsp3) is 0.143. The molecule has 1 aromatic rings. The van der Waals surface area contributed by atoms with Crippen molar-refractivity contribution >= 4 is 18.9 Å². The van der Waals surface area contributed by atoms with Crippen LogP contribution in [0, 0.1) is 6.92 Å². The van der Waals surface area contributed by atoms with Crippen LogP contribution in [0.25, 0.3) is 0 Å². The molecule has 0 aliphatic heterocycles. The smallest absolute Gasteiger partial charge is 0 e. The second kappa shape index (κ2) is 7.03. The van der Waals surface area contributed by atoms with E-state index >= 15 is 0 Å². The quantitative estimate of drug-likeness (QED) is 0.540. The normalized spacial score (nSPS) is 6.78. The van der Waals surface area contributed by atoms with E-state index in [1.54, 1.807) is 0 Å². The van der Waals surface area contributed by atoms with Gasteiger partial charge in [-0.1, -0.05) is 35.9 Å². The molecule has 2 heteroatoms. The summed E-state index contributed by atoms with van der Waals surface area (Å²) in [6.07, 6.45) is 0. The van der Waals surface area contributed by atoms with Gasteiger partial charge in [0, 0.05) is 32.7 Å². The van der Waals surface area contributed by atoms with E-state index in [2.05, 4.69) is 19.1 Å². The molecule has 0 spiro atoms. The Balaban J connectivity index is 0. The van der Waals surface area contributed by atoms with Crippen LogP contribution in [0.2, 0.25) is 0 Å². The Morgan fingerprint density at radius 2 is 1.44 bits per heavy atom. The van der Waals surface area contributed by atoms with Gasteiger partial charge < -0.3 is 0 Å². The third kappa shape index (κ3) is 5.37. The van der Waals surface area contributed by atoms with Crippen molar-refractivity contribution in [3.05, 3.63) is 35.9 Å². The Labute approximate surface area is 93.5 Å². The molecule has 1 aromatic carbocycles. The first kappa shape index (κ1) is 12.6. The number of hydrogen-bond donors (Lipinski definition) is 0. The molecule has 0 bridgehead atoms. The maximum absolute atomic E-state index is 2.08. The molecule has 9 heavy (non-hydrogen) atoms. The molecular formula is C7H9LiY. The third-order valence-electron chi connectivity index (χ3n) is 0.940. The van der Waals surface area contributed by atoms with Crippen LogP contribution in [0.4, 0.5) is 0 Å². The molecule has 0 aromatic heterocycles. The number of benzene rings is 1. The molecule has 0 aliphatic rings. The molecule has 0 N–H and O–H groups in total. The SMILES string of the molecule is Cc1ccccc1.[LiH].[Y]. The molecule has 0 amide bonds. The van der Waals surface area contributed by atoms with Gasteiger partial charge in [0.25, 0.3) is 0 Å². The predicted octanol–water partition coefficient (Wildman–Crippen LogP) is 1.34. The van der Waals surface area contributed by atoms with Crippen molar-refractivity contribution in [2.75, 3.05) is 0 Å². The van der Waals surface area contributed by atoms with E-state index in [1.165, 1.54) is 5.56 Å². The summed E-state index contributed by atoms with van der Waals surface area (Å²) in [7, 11) is 0. The monoisotopic (exact) mass is 189 g/mol. The molecule has 0 saturated heterocycles. The fourth-order valence-electron chi connectivity index (χ4n) is 0.534. The molecule has 0 saturated carbocycles. The van der Waals surface area contributed by atoms with Crippen molar-refractivity contribution < 1.29 is 32.7 Å². The van der Waals surface area contributed by atoms with E-state index in [0.29, 0.717) is 0 Å². The van der Waals surface area contributed by atoms with E-state index in [4.69, 9.17) is 0 Å². The number of hydrogen-bond acceptors (Lipinski definition) is 0. The summed E-state index contributed by atoms with van der Waals surface area (Å²) in [5, 5.41) is 0. The number of aryl methyl sites for hydroxylation is 1. The molecule has 0 aliphatic carbocycles. The van der Waals surface area contributed by atoms with Gasteiger partial charge in [0.2, 0.25) is 0 Å². The fourth-order valence-corrected chi connectivity index (χ4v) is 0.534. The minimum atomic E-state index is 0. The Hall–Kier alpha value is 0.921. The van der Waals surface area contributed by atoms with Crippen molar-refractivity contribution in [1.82, 2.24) is 0 Å². The average molecular weight is 189 g/mol. The van der Waals surface area contributed by atoms with E-state index in [1.807, 2.05) is 18.2 Å². The van der Waals surface area contributed by atoms with Gasteiger partial charge in [0.1, 0.15) is 0 Å². The van der Waals surface area contributed by atoms with Crippen molar-refractivity contribution in [1.29, 1.82) is 0 Å². The second-order valence-electron chi connectivity index (χ2n) is 1.65. The molecule has 41 valence electrons. The first-order chi connectivity index (χ1) is 3.39. The minimum absolute atomic E-state index is 0. The van der Waals surface area contributed by atoms with Gasteiger partial charge in [0.05, 0.1) is 0 Å². The van der Waals surface area contributed by atoms with E-state index in [0.717, 1.165) is 0 Å². The molecule has 1 rings (SSSR count). The van der Waals surface area contributed by atoms with Gasteiger partial charge in [-0.25, -0.2) is 0 Å². The second-order valence-corrected chi connectivity index (χ2v) is 1.65. The van der Waals surface area contributed by atoms with Crippen molar-refractivity contribution in [2.24, 2.45) is 0 Å². The predicted molar refractivity (Wildman–Crippen MR) is 38.3 cm³/mol. The van der Waals surface area contributed by atoms with Gasteiger partial charge in [-0.2, -0.15) is 0 Å². The largest absolute Gasteiger partial charge is 0 e. The van der Waals surface area contributed by atoms with Crippen LogP contribution < -0.4 is 0 Å². The average Bonchev–Trinajstić information content (AvgIpc) is 1.69. The summed E-state index contributed by atoms with van der Waals surface area (Å²) in [6.45, 7) is 2.08. The summed E-state index contributed by atoms with van der Waals surface area (Å²) in [5.41, 5.74) is 1.32. The first-order valence-electron chi connectivity index (χ1n) is 2.41. The topological polar surface area (TPSA) is 0 Å². The van der Waals surface area contributed by atoms with Gasteiger partial charge in [-0.3, -0.25) is 0 Å². The third-order valence-corrected chi connectivity index (χ3v) is 0.940. The van der Waals surface area contributed by atoms with Crippen LogP contribution in [0.15, 0.2) is 30.3 Å². The maximum Gasteiger partial charge on any atom is 0 e. The summed E-state index contributed by atoms with van der Waals surface area (Å²) in [4.78, 5) is 0. The zero-order valence-corrected chi connectivity index (χ0v) is 7.80. The number of rotatable bonds is 0. The summed E-state index contributed by atoms with van der Waals surface area (Å²) >= 11 is 0. The van der Waals surface area contributed by atoms with Crippen LogP contribution >= 0.6 is 0 Å². The summed E-state index contributed by atoms with van der Waals surface area (Å²) in [5.74, 6) is 0. The zero-order valence-electron chi connectivity index (χ0n) is 4.96. The summed E-state index contributed by atoms with van der Waals surface area (Å²) < 4.78 is 0. The first-order valence-corrected chi connectivity index (χ1v) is 2.41. The van der Waals surface area contributed by atoms with Crippen molar-refractivity contribution in [3.8, 4) is 0 Å². The van der Waals surface area contributed by atoms with Gasteiger partial charge >= 0.3 is 18.9 Å². The summed E-state index contributed by atoms with van der Waals surface area (Å²) in [6, 6.07) is 10.3. The molecule has 0 nitrogen and oxygen atoms in total. The van der Waals surface area contributed by atoms with Crippen molar-refractivity contribution in [2.45, 2.75) is 6.92 Å². The van der Waals surface area contributed by atoms with Gasteiger partial charge in [0.15, 0.2) is 0 Å². The Morgan fingerprint density at radius 3 is 1.67 bits per heavy atom. The molecule has 0 atom stereocenters.